The Morgan fingerprint density at radius 1 is 1.47 bits per heavy atom. The van der Waals surface area contributed by atoms with Crippen molar-refractivity contribution in [1.29, 1.82) is 0 Å². The Morgan fingerprint density at radius 2 is 2.11 bits per heavy atom. The van der Waals surface area contributed by atoms with Crippen LogP contribution >= 0.6 is 0 Å². The fourth-order valence-electron chi connectivity index (χ4n) is 3.16. The second-order valence-electron chi connectivity index (χ2n) is 7.28. The van der Waals surface area contributed by atoms with Crippen molar-refractivity contribution in [3.63, 3.8) is 0 Å². The van der Waals surface area contributed by atoms with Crippen molar-refractivity contribution >= 4 is 5.91 Å². The molecule has 2 atom stereocenters. The van der Waals surface area contributed by atoms with Crippen LogP contribution in [0.1, 0.15) is 53.4 Å². The first-order chi connectivity index (χ1) is 8.68. The zero-order chi connectivity index (χ0) is 14.7. The van der Waals surface area contributed by atoms with E-state index in [1.165, 1.54) is 12.8 Å². The van der Waals surface area contributed by atoms with Crippen LogP contribution < -0.4 is 11.1 Å². The van der Waals surface area contributed by atoms with E-state index >= 15 is 0 Å². The molecule has 0 saturated heterocycles. The third-order valence-electron chi connectivity index (χ3n) is 4.15. The molecule has 4 nitrogen and oxygen atoms in total. The lowest BCUT2D eigenvalue weighted by molar-refractivity contribution is -0.125. The summed E-state index contributed by atoms with van der Waals surface area (Å²) in [6.45, 7) is 9.37. The van der Waals surface area contributed by atoms with E-state index in [1.807, 2.05) is 27.8 Å². The van der Waals surface area contributed by atoms with Crippen LogP contribution in [0.15, 0.2) is 0 Å². The van der Waals surface area contributed by atoms with Crippen molar-refractivity contribution < 1.29 is 4.79 Å². The van der Waals surface area contributed by atoms with Gasteiger partial charge in [0.05, 0.1) is 6.54 Å². The average Bonchev–Trinajstić information content (AvgIpc) is 2.25. The van der Waals surface area contributed by atoms with Gasteiger partial charge < -0.3 is 11.1 Å². The molecule has 0 aliphatic heterocycles. The molecule has 0 bridgehead atoms. The van der Waals surface area contributed by atoms with Gasteiger partial charge in [-0.3, -0.25) is 9.69 Å². The predicted molar refractivity (Wildman–Crippen MR) is 79.9 cm³/mol. The van der Waals surface area contributed by atoms with Crippen LogP contribution in [0, 0.1) is 5.92 Å². The van der Waals surface area contributed by atoms with Gasteiger partial charge in [0.1, 0.15) is 0 Å². The summed E-state index contributed by atoms with van der Waals surface area (Å²) >= 11 is 0. The van der Waals surface area contributed by atoms with Crippen LogP contribution in [0.25, 0.3) is 0 Å². The molecule has 4 heteroatoms. The van der Waals surface area contributed by atoms with Crippen LogP contribution in [-0.4, -0.2) is 42.0 Å². The number of nitrogens with one attached hydrogen (secondary N) is 1. The minimum atomic E-state index is -0.173. The highest BCUT2D eigenvalue weighted by atomic mass is 16.2. The first kappa shape index (κ1) is 16.4. The fraction of sp³-hybridized carbons (Fsp3) is 0.933. The number of hydrogen-bond donors (Lipinski definition) is 2. The molecule has 112 valence electrons. The number of amides is 1. The normalized spacial score (nSPS) is 28.5. The third kappa shape index (κ3) is 4.77. The quantitative estimate of drug-likeness (QED) is 0.817. The molecule has 0 aromatic heterocycles. The summed E-state index contributed by atoms with van der Waals surface area (Å²) in [5, 5.41) is 3.02. The van der Waals surface area contributed by atoms with Gasteiger partial charge in [0.15, 0.2) is 0 Å². The Morgan fingerprint density at radius 3 is 2.58 bits per heavy atom. The van der Waals surface area contributed by atoms with Crippen LogP contribution in [0.3, 0.4) is 0 Å². The van der Waals surface area contributed by atoms with Crippen LogP contribution in [0.2, 0.25) is 0 Å². The molecule has 1 aliphatic carbocycles. The van der Waals surface area contributed by atoms with Crippen molar-refractivity contribution in [2.75, 3.05) is 20.1 Å². The maximum absolute atomic E-state index is 12.1. The lowest BCUT2D eigenvalue weighted by Gasteiger charge is -2.46. The fourth-order valence-corrected chi connectivity index (χ4v) is 3.16. The highest BCUT2D eigenvalue weighted by molar-refractivity contribution is 5.78. The number of carbonyl (C=O) groups is 1. The summed E-state index contributed by atoms with van der Waals surface area (Å²) in [5.41, 5.74) is 5.86. The van der Waals surface area contributed by atoms with Crippen LogP contribution in [-0.2, 0) is 4.79 Å². The van der Waals surface area contributed by atoms with E-state index in [9.17, 15) is 4.79 Å². The van der Waals surface area contributed by atoms with E-state index in [1.54, 1.807) is 0 Å². The van der Waals surface area contributed by atoms with E-state index in [2.05, 4.69) is 17.1 Å². The van der Waals surface area contributed by atoms with Gasteiger partial charge in [-0.05, 0) is 46.6 Å². The molecule has 1 saturated carbocycles. The second kappa shape index (κ2) is 6.23. The lowest BCUT2D eigenvalue weighted by Crippen LogP contribution is -2.57. The topological polar surface area (TPSA) is 58.4 Å². The van der Waals surface area contributed by atoms with E-state index < -0.39 is 0 Å². The van der Waals surface area contributed by atoms with E-state index in [0.717, 1.165) is 12.8 Å². The molecule has 0 aromatic carbocycles. The van der Waals surface area contributed by atoms with Gasteiger partial charge in [0.25, 0.3) is 0 Å². The molecule has 1 aliphatic rings. The minimum absolute atomic E-state index is 0.00684. The lowest BCUT2D eigenvalue weighted by atomic mass is 9.75. The summed E-state index contributed by atoms with van der Waals surface area (Å²) in [5.74, 6) is 0.784. The standard InChI is InChI=1S/C15H31N3O/c1-12-7-6-8-15(9-12,11-16)18(5)10-13(19)17-14(2,3)4/h12H,6-11,16H2,1-5H3,(H,17,19). The van der Waals surface area contributed by atoms with Gasteiger partial charge in [-0.15, -0.1) is 0 Å². The molecule has 0 radical (unpaired) electrons. The summed E-state index contributed by atoms with van der Waals surface area (Å²) in [4.78, 5) is 14.2. The molecule has 2 unspecified atom stereocenters. The molecule has 3 N–H and O–H groups in total. The Hall–Kier alpha value is -0.610. The Kier molecular flexibility index (Phi) is 5.39. The molecule has 0 heterocycles. The van der Waals surface area contributed by atoms with Crippen LogP contribution in [0.5, 0.6) is 0 Å². The van der Waals surface area contributed by atoms with Crippen molar-refractivity contribution in [3.05, 3.63) is 0 Å². The number of rotatable bonds is 4. The monoisotopic (exact) mass is 269 g/mol. The maximum Gasteiger partial charge on any atom is 0.234 e. The van der Waals surface area contributed by atoms with Crippen molar-refractivity contribution in [2.45, 2.75) is 64.5 Å². The molecule has 0 aromatic rings. The van der Waals surface area contributed by atoms with Crippen molar-refractivity contribution in [3.8, 4) is 0 Å². The minimum Gasteiger partial charge on any atom is -0.350 e. The molecular formula is C15H31N3O. The SMILES string of the molecule is CC1CCCC(CN)(N(C)CC(=O)NC(C)(C)C)C1. The van der Waals surface area contributed by atoms with E-state index in [-0.39, 0.29) is 17.0 Å². The summed E-state index contributed by atoms with van der Waals surface area (Å²) in [7, 11) is 2.03. The van der Waals surface area contributed by atoms with Gasteiger partial charge in [0, 0.05) is 17.6 Å². The highest BCUT2D eigenvalue weighted by Crippen LogP contribution is 2.35. The first-order valence-corrected chi connectivity index (χ1v) is 7.41. The van der Waals surface area contributed by atoms with Crippen molar-refractivity contribution in [1.82, 2.24) is 10.2 Å². The third-order valence-corrected chi connectivity index (χ3v) is 4.15. The number of hydrogen-bond acceptors (Lipinski definition) is 3. The summed E-state index contributed by atoms with van der Waals surface area (Å²) in [6, 6.07) is 0. The molecule has 1 rings (SSSR count). The average molecular weight is 269 g/mol. The van der Waals surface area contributed by atoms with Crippen molar-refractivity contribution in [2.24, 2.45) is 11.7 Å². The van der Waals surface area contributed by atoms with Gasteiger partial charge in [0.2, 0.25) is 5.91 Å². The zero-order valence-corrected chi connectivity index (χ0v) is 13.3. The van der Waals surface area contributed by atoms with Gasteiger partial charge in [-0.25, -0.2) is 0 Å². The number of nitrogens with two attached hydrogens (primary N) is 1. The van der Waals surface area contributed by atoms with Gasteiger partial charge in [-0.1, -0.05) is 19.8 Å². The molecule has 1 amide bonds. The van der Waals surface area contributed by atoms with E-state index in [0.29, 0.717) is 19.0 Å². The van der Waals surface area contributed by atoms with Crippen LogP contribution in [0.4, 0.5) is 0 Å². The number of likely N-dealkylation sites (N-methyl/N-ethyl adjacent to an activating group) is 1. The predicted octanol–water partition coefficient (Wildman–Crippen LogP) is 1.74. The Labute approximate surface area is 118 Å². The molecule has 1 fully saturated rings. The first-order valence-electron chi connectivity index (χ1n) is 7.41. The van der Waals surface area contributed by atoms with Gasteiger partial charge in [-0.2, -0.15) is 0 Å². The molecular weight excluding hydrogens is 238 g/mol. The molecule has 0 spiro atoms. The number of nitrogens with zero attached hydrogens (tertiary/aromatic N) is 1. The number of carbonyl (C=O) groups excluding carboxylic acids is 1. The summed E-state index contributed by atoms with van der Waals surface area (Å²) < 4.78 is 0. The summed E-state index contributed by atoms with van der Waals surface area (Å²) in [6.07, 6.45) is 4.70. The molecule has 19 heavy (non-hydrogen) atoms. The largest absolute Gasteiger partial charge is 0.350 e. The smallest absolute Gasteiger partial charge is 0.234 e. The van der Waals surface area contributed by atoms with E-state index in [4.69, 9.17) is 5.73 Å². The maximum atomic E-state index is 12.1. The Bertz CT molecular complexity index is 311. The zero-order valence-electron chi connectivity index (χ0n) is 13.3. The highest BCUT2D eigenvalue weighted by Gasteiger charge is 2.38. The second-order valence-corrected chi connectivity index (χ2v) is 7.28. The van der Waals surface area contributed by atoms with Gasteiger partial charge >= 0.3 is 0 Å². The Balaban J connectivity index is 2.63.